The topological polar surface area (TPSA) is 33.7 Å². The van der Waals surface area contributed by atoms with E-state index in [-0.39, 0.29) is 12.4 Å². The van der Waals surface area contributed by atoms with E-state index in [1.807, 2.05) is 0 Å². The van der Waals surface area contributed by atoms with Crippen LogP contribution in [-0.2, 0) is 6.54 Å². The van der Waals surface area contributed by atoms with Crippen molar-refractivity contribution in [3.63, 3.8) is 0 Å². The Morgan fingerprint density at radius 2 is 2.00 bits per heavy atom. The lowest BCUT2D eigenvalue weighted by Crippen LogP contribution is -2.42. The smallest absolute Gasteiger partial charge is 0.231 e. The first-order chi connectivity index (χ1) is 8.33. The van der Waals surface area contributed by atoms with Crippen LogP contribution in [0.25, 0.3) is 0 Å². The fourth-order valence-electron chi connectivity index (χ4n) is 2.24. The monoisotopic (exact) mass is 334 g/mol. The van der Waals surface area contributed by atoms with Crippen LogP contribution in [-0.4, -0.2) is 37.9 Å². The molecule has 1 aromatic carbocycles. The van der Waals surface area contributed by atoms with E-state index < -0.39 is 0 Å². The number of piperazine rings is 1. The van der Waals surface area contributed by atoms with Crippen LogP contribution in [0.4, 0.5) is 0 Å². The van der Waals surface area contributed by atoms with Crippen molar-refractivity contribution in [1.29, 1.82) is 0 Å². The average molecular weight is 336 g/mol. The van der Waals surface area contributed by atoms with Gasteiger partial charge in [-0.05, 0) is 33.6 Å². The summed E-state index contributed by atoms with van der Waals surface area (Å²) in [5.41, 5.74) is 1.27. The third kappa shape index (κ3) is 2.91. The standard InChI is InChI=1S/C12H15BrN2O2.ClH/c13-10-5-9(6-11-12(10)17-8-16-11)7-15-3-1-14-2-4-15;/h5-6,14H,1-4,7-8H2;1H. The summed E-state index contributed by atoms with van der Waals surface area (Å²) in [5, 5.41) is 3.36. The predicted octanol–water partition coefficient (Wildman–Crippen LogP) is 2.00. The number of nitrogens with one attached hydrogen (secondary N) is 1. The van der Waals surface area contributed by atoms with Gasteiger partial charge in [-0.2, -0.15) is 0 Å². The van der Waals surface area contributed by atoms with E-state index in [2.05, 4.69) is 38.3 Å². The van der Waals surface area contributed by atoms with Crippen molar-refractivity contribution in [1.82, 2.24) is 10.2 Å². The lowest BCUT2D eigenvalue weighted by atomic mass is 10.2. The van der Waals surface area contributed by atoms with Gasteiger partial charge in [0, 0.05) is 32.7 Å². The molecule has 100 valence electrons. The van der Waals surface area contributed by atoms with Crippen molar-refractivity contribution in [2.75, 3.05) is 33.0 Å². The summed E-state index contributed by atoms with van der Waals surface area (Å²) in [5.74, 6) is 1.68. The SMILES string of the molecule is Brc1cc(CN2CCNCC2)cc2c1OCO2.Cl. The van der Waals surface area contributed by atoms with Gasteiger partial charge in [0.2, 0.25) is 6.79 Å². The molecule has 0 bridgehead atoms. The molecule has 2 aliphatic rings. The first-order valence-electron chi connectivity index (χ1n) is 5.84. The number of hydrogen-bond donors (Lipinski definition) is 1. The van der Waals surface area contributed by atoms with Crippen LogP contribution < -0.4 is 14.8 Å². The van der Waals surface area contributed by atoms with Crippen LogP contribution >= 0.6 is 28.3 Å². The van der Waals surface area contributed by atoms with Crippen molar-refractivity contribution in [2.24, 2.45) is 0 Å². The Hall–Kier alpha value is -0.490. The second-order valence-corrected chi connectivity index (χ2v) is 5.19. The quantitative estimate of drug-likeness (QED) is 0.896. The van der Waals surface area contributed by atoms with Crippen LogP contribution in [0.1, 0.15) is 5.56 Å². The zero-order valence-corrected chi connectivity index (χ0v) is 12.3. The summed E-state index contributed by atoms with van der Waals surface area (Å²) in [6.07, 6.45) is 0. The number of halogens is 2. The van der Waals surface area contributed by atoms with Gasteiger partial charge in [-0.25, -0.2) is 0 Å². The molecular formula is C12H16BrClN2O2. The number of benzene rings is 1. The summed E-state index contributed by atoms with van der Waals surface area (Å²) in [7, 11) is 0. The minimum Gasteiger partial charge on any atom is -0.454 e. The molecule has 0 aromatic heterocycles. The molecule has 2 aliphatic heterocycles. The van der Waals surface area contributed by atoms with Crippen molar-refractivity contribution in [2.45, 2.75) is 6.54 Å². The molecular weight excluding hydrogens is 320 g/mol. The minimum absolute atomic E-state index is 0. The zero-order valence-electron chi connectivity index (χ0n) is 9.95. The number of fused-ring (bicyclic) bond motifs is 1. The maximum absolute atomic E-state index is 5.43. The van der Waals surface area contributed by atoms with E-state index >= 15 is 0 Å². The minimum atomic E-state index is 0. The lowest BCUT2D eigenvalue weighted by Gasteiger charge is -2.27. The Morgan fingerprint density at radius 1 is 1.22 bits per heavy atom. The molecule has 0 aliphatic carbocycles. The molecule has 4 nitrogen and oxygen atoms in total. The summed E-state index contributed by atoms with van der Waals surface area (Å²) in [4.78, 5) is 2.44. The van der Waals surface area contributed by atoms with Crippen LogP contribution in [0.3, 0.4) is 0 Å². The van der Waals surface area contributed by atoms with Gasteiger partial charge in [0.05, 0.1) is 4.47 Å². The molecule has 6 heteroatoms. The second-order valence-electron chi connectivity index (χ2n) is 4.34. The molecule has 0 unspecified atom stereocenters. The summed E-state index contributed by atoms with van der Waals surface area (Å²) >= 11 is 3.53. The summed E-state index contributed by atoms with van der Waals surface area (Å²) < 4.78 is 11.8. The first-order valence-corrected chi connectivity index (χ1v) is 6.63. The van der Waals surface area contributed by atoms with Crippen LogP contribution in [0.5, 0.6) is 11.5 Å². The molecule has 0 amide bonds. The molecule has 3 rings (SSSR count). The third-order valence-corrected chi connectivity index (χ3v) is 3.69. The molecule has 1 fully saturated rings. The fraction of sp³-hybridized carbons (Fsp3) is 0.500. The highest BCUT2D eigenvalue weighted by atomic mass is 79.9. The highest BCUT2D eigenvalue weighted by Gasteiger charge is 2.19. The Labute approximate surface area is 121 Å². The maximum Gasteiger partial charge on any atom is 0.231 e. The van der Waals surface area contributed by atoms with Crippen molar-refractivity contribution in [3.8, 4) is 11.5 Å². The van der Waals surface area contributed by atoms with E-state index in [0.717, 1.165) is 48.7 Å². The van der Waals surface area contributed by atoms with E-state index in [1.165, 1.54) is 5.56 Å². The largest absolute Gasteiger partial charge is 0.454 e. The number of rotatable bonds is 2. The molecule has 0 saturated carbocycles. The van der Waals surface area contributed by atoms with E-state index in [1.54, 1.807) is 0 Å². The molecule has 1 N–H and O–H groups in total. The predicted molar refractivity (Wildman–Crippen MR) is 75.7 cm³/mol. The summed E-state index contributed by atoms with van der Waals surface area (Å²) in [6.45, 7) is 5.65. The number of ether oxygens (including phenoxy) is 2. The Morgan fingerprint density at radius 3 is 2.78 bits per heavy atom. The number of hydrogen-bond acceptors (Lipinski definition) is 4. The van der Waals surface area contributed by atoms with E-state index in [9.17, 15) is 0 Å². The summed E-state index contributed by atoms with van der Waals surface area (Å²) in [6, 6.07) is 4.20. The Bertz CT molecular complexity index is 425. The van der Waals surface area contributed by atoms with Crippen molar-refractivity contribution in [3.05, 3.63) is 22.2 Å². The fourth-order valence-corrected chi connectivity index (χ4v) is 2.84. The molecule has 1 aromatic rings. The highest BCUT2D eigenvalue weighted by Crippen LogP contribution is 2.40. The molecule has 18 heavy (non-hydrogen) atoms. The molecule has 1 saturated heterocycles. The third-order valence-electron chi connectivity index (χ3n) is 3.10. The Kier molecular flexibility index (Phi) is 4.72. The molecule has 0 radical (unpaired) electrons. The second kappa shape index (κ2) is 6.10. The van der Waals surface area contributed by atoms with E-state index in [4.69, 9.17) is 9.47 Å². The zero-order chi connectivity index (χ0) is 11.7. The maximum atomic E-state index is 5.43. The van der Waals surface area contributed by atoms with Gasteiger partial charge in [-0.1, -0.05) is 0 Å². The van der Waals surface area contributed by atoms with Crippen LogP contribution in [0.15, 0.2) is 16.6 Å². The van der Waals surface area contributed by atoms with Crippen molar-refractivity contribution >= 4 is 28.3 Å². The number of nitrogens with zero attached hydrogens (tertiary/aromatic N) is 1. The Balaban J connectivity index is 0.00000120. The normalized spacial score (nSPS) is 18.5. The van der Waals surface area contributed by atoms with Gasteiger partial charge in [-0.15, -0.1) is 12.4 Å². The van der Waals surface area contributed by atoms with Crippen LogP contribution in [0.2, 0.25) is 0 Å². The first kappa shape index (κ1) is 13.9. The molecule has 0 atom stereocenters. The van der Waals surface area contributed by atoms with Crippen LogP contribution in [0, 0.1) is 0 Å². The van der Waals surface area contributed by atoms with Gasteiger partial charge in [0.1, 0.15) is 0 Å². The van der Waals surface area contributed by atoms with Crippen molar-refractivity contribution < 1.29 is 9.47 Å². The van der Waals surface area contributed by atoms with Gasteiger partial charge in [0.15, 0.2) is 11.5 Å². The van der Waals surface area contributed by atoms with Gasteiger partial charge in [0.25, 0.3) is 0 Å². The van der Waals surface area contributed by atoms with Gasteiger partial charge < -0.3 is 14.8 Å². The molecule has 2 heterocycles. The molecule has 0 spiro atoms. The average Bonchev–Trinajstić information content (AvgIpc) is 2.79. The van der Waals surface area contributed by atoms with E-state index in [0.29, 0.717) is 6.79 Å². The van der Waals surface area contributed by atoms with Gasteiger partial charge in [-0.3, -0.25) is 4.90 Å². The lowest BCUT2D eigenvalue weighted by molar-refractivity contribution is 0.173. The van der Waals surface area contributed by atoms with Gasteiger partial charge >= 0.3 is 0 Å². The highest BCUT2D eigenvalue weighted by molar-refractivity contribution is 9.10.